The summed E-state index contributed by atoms with van der Waals surface area (Å²) in [4.78, 5) is 10.7. The zero-order valence-corrected chi connectivity index (χ0v) is 28.1. The number of sulfonamides is 1. The van der Waals surface area contributed by atoms with Crippen LogP contribution in [0, 0.1) is 0 Å². The molecular formula is C30H33N5O10S3. The van der Waals surface area contributed by atoms with E-state index in [1.54, 1.807) is 19.1 Å². The monoisotopic (exact) mass is 719 g/mol. The van der Waals surface area contributed by atoms with Crippen LogP contribution in [0.25, 0.3) is 22.2 Å². The number of primary sulfonamides is 1. The van der Waals surface area contributed by atoms with Gasteiger partial charge in [-0.05, 0) is 73.0 Å². The number of nitrogens with two attached hydrogens (primary N) is 1. The molecule has 0 saturated carbocycles. The number of ether oxygens (including phenoxy) is 1. The van der Waals surface area contributed by atoms with E-state index in [4.69, 9.17) is 18.7 Å². The Hall–Kier alpha value is -4.07. The van der Waals surface area contributed by atoms with E-state index in [1.165, 1.54) is 42.5 Å². The molecule has 15 nitrogen and oxygen atoms in total. The van der Waals surface area contributed by atoms with Crippen molar-refractivity contribution in [1.29, 1.82) is 0 Å². The fourth-order valence-corrected chi connectivity index (χ4v) is 7.44. The van der Waals surface area contributed by atoms with E-state index in [-0.39, 0.29) is 56.9 Å². The van der Waals surface area contributed by atoms with Crippen LogP contribution in [0.4, 0.5) is 6.01 Å². The quantitative estimate of drug-likeness (QED) is 0.157. The molecular weight excluding hydrogens is 687 g/mol. The van der Waals surface area contributed by atoms with Gasteiger partial charge in [0.15, 0.2) is 26.9 Å². The summed E-state index contributed by atoms with van der Waals surface area (Å²) in [5, 5.41) is 8.50. The Balaban J connectivity index is 1.08. The molecule has 3 heterocycles. The molecule has 0 bridgehead atoms. The standard InChI is InChI=1S/C30H33N5O10S3/c1-2-46(36,37)24-14-19(13-21(15-24)43-12-9-29-33-25-17-23(48(40,41)42)4-6-27(25)44-29)18-35-10-7-20(8-11-35)32-30-34-26-16-22(47(31,38)39)3-5-28(26)45-30/h3-6,13-17,20H,2,7-12,18H2,1H3,(H,32,34)(H2,31,38,39)(H,40,41,42). The number of hydrogen-bond acceptors (Lipinski definition) is 13. The molecule has 0 spiro atoms. The highest BCUT2D eigenvalue weighted by Gasteiger charge is 2.23. The molecule has 2 aromatic heterocycles. The average Bonchev–Trinajstić information content (AvgIpc) is 3.63. The van der Waals surface area contributed by atoms with Crippen molar-refractivity contribution in [2.45, 2.75) is 53.5 Å². The van der Waals surface area contributed by atoms with Crippen LogP contribution < -0.4 is 15.2 Å². The van der Waals surface area contributed by atoms with E-state index in [1.807, 2.05) is 0 Å². The molecule has 0 radical (unpaired) electrons. The first-order valence-electron chi connectivity index (χ1n) is 14.9. The molecule has 0 unspecified atom stereocenters. The Kier molecular flexibility index (Phi) is 9.22. The van der Waals surface area contributed by atoms with E-state index in [0.717, 1.165) is 18.4 Å². The van der Waals surface area contributed by atoms with E-state index >= 15 is 0 Å². The normalized spacial score (nSPS) is 15.3. The highest BCUT2D eigenvalue weighted by atomic mass is 32.2. The number of aromatic nitrogens is 2. The molecule has 5 aromatic rings. The molecule has 6 rings (SSSR count). The van der Waals surface area contributed by atoms with Gasteiger partial charge in [-0.3, -0.25) is 9.45 Å². The number of fused-ring (bicyclic) bond motifs is 2. The van der Waals surface area contributed by atoms with Crippen LogP contribution in [-0.4, -0.2) is 76.2 Å². The van der Waals surface area contributed by atoms with Crippen LogP contribution in [-0.2, 0) is 42.9 Å². The number of oxazole rings is 2. The molecule has 18 heteroatoms. The van der Waals surface area contributed by atoms with Crippen LogP contribution in [0.2, 0.25) is 0 Å². The number of piperidine rings is 1. The highest BCUT2D eigenvalue weighted by molar-refractivity contribution is 7.91. The molecule has 0 aliphatic carbocycles. The number of rotatable bonds is 12. The second-order valence-corrected chi connectivity index (χ2v) is 16.7. The average molecular weight is 720 g/mol. The maximum Gasteiger partial charge on any atom is 0.295 e. The van der Waals surface area contributed by atoms with E-state index in [0.29, 0.717) is 42.1 Å². The lowest BCUT2D eigenvalue weighted by molar-refractivity contribution is 0.210. The Morgan fingerprint density at radius 2 is 1.56 bits per heavy atom. The fourth-order valence-electron chi connectivity index (χ4n) is 5.44. The van der Waals surface area contributed by atoms with E-state index < -0.39 is 30.0 Å². The second-order valence-electron chi connectivity index (χ2n) is 11.4. The molecule has 3 aromatic carbocycles. The van der Waals surface area contributed by atoms with Crippen molar-refractivity contribution < 1.29 is 43.4 Å². The number of sulfone groups is 1. The van der Waals surface area contributed by atoms with Crippen LogP contribution in [0.15, 0.2) is 78.1 Å². The number of anilines is 1. The predicted octanol–water partition coefficient (Wildman–Crippen LogP) is 3.35. The SMILES string of the molecule is CCS(=O)(=O)c1cc(CN2CCC(Nc3nc4cc(S(N)(=O)=O)ccc4o3)CC2)cc(OCCc2nc3cc(S(=O)(=O)O)ccc3o2)c1. The van der Waals surface area contributed by atoms with Gasteiger partial charge in [0.1, 0.15) is 16.8 Å². The van der Waals surface area contributed by atoms with Gasteiger partial charge in [-0.25, -0.2) is 27.0 Å². The lowest BCUT2D eigenvalue weighted by Crippen LogP contribution is -2.38. The number of benzene rings is 3. The van der Waals surface area contributed by atoms with Crippen molar-refractivity contribution in [2.75, 3.05) is 30.8 Å². The minimum atomic E-state index is -4.38. The van der Waals surface area contributed by atoms with Gasteiger partial charge in [0.05, 0.1) is 33.5 Å². The number of nitrogens with one attached hydrogen (secondary N) is 1. The van der Waals surface area contributed by atoms with E-state index in [9.17, 15) is 29.8 Å². The zero-order valence-electron chi connectivity index (χ0n) is 25.7. The third-order valence-electron chi connectivity index (χ3n) is 7.97. The molecule has 0 amide bonds. The van der Waals surface area contributed by atoms with Gasteiger partial charge in [-0.1, -0.05) is 6.92 Å². The maximum absolute atomic E-state index is 12.8. The number of nitrogens with zero attached hydrogens (tertiary/aromatic N) is 3. The molecule has 1 saturated heterocycles. The number of hydrogen-bond donors (Lipinski definition) is 3. The molecule has 1 fully saturated rings. The van der Waals surface area contributed by atoms with Crippen LogP contribution in [0.1, 0.15) is 31.2 Å². The molecule has 1 aliphatic heterocycles. The first-order valence-corrected chi connectivity index (χ1v) is 19.6. The molecule has 4 N–H and O–H groups in total. The predicted molar refractivity (Wildman–Crippen MR) is 174 cm³/mol. The minimum Gasteiger partial charge on any atom is -0.493 e. The summed E-state index contributed by atoms with van der Waals surface area (Å²) in [6, 6.07) is 13.4. The second kappa shape index (κ2) is 13.1. The van der Waals surface area contributed by atoms with Crippen molar-refractivity contribution in [3.63, 3.8) is 0 Å². The van der Waals surface area contributed by atoms with Crippen molar-refractivity contribution in [3.05, 3.63) is 66.1 Å². The van der Waals surface area contributed by atoms with Gasteiger partial charge < -0.3 is 18.9 Å². The lowest BCUT2D eigenvalue weighted by Gasteiger charge is -2.32. The summed E-state index contributed by atoms with van der Waals surface area (Å²) in [5.41, 5.74) is 2.21. The first kappa shape index (κ1) is 33.8. The lowest BCUT2D eigenvalue weighted by atomic mass is 10.0. The Bertz CT molecular complexity index is 2310. The van der Waals surface area contributed by atoms with Crippen molar-refractivity contribution in [1.82, 2.24) is 14.9 Å². The summed E-state index contributed by atoms with van der Waals surface area (Å²) in [7, 11) is -11.8. The summed E-state index contributed by atoms with van der Waals surface area (Å²) in [6.45, 7) is 3.62. The van der Waals surface area contributed by atoms with Gasteiger partial charge >= 0.3 is 0 Å². The maximum atomic E-state index is 12.8. The largest absolute Gasteiger partial charge is 0.493 e. The minimum absolute atomic E-state index is 0.0464. The summed E-state index contributed by atoms with van der Waals surface area (Å²) in [6.07, 6.45) is 1.74. The van der Waals surface area contributed by atoms with Gasteiger partial charge in [-0.2, -0.15) is 13.4 Å². The van der Waals surface area contributed by atoms with Gasteiger partial charge in [0.2, 0.25) is 10.0 Å². The van der Waals surface area contributed by atoms with Gasteiger partial charge in [-0.15, -0.1) is 0 Å². The van der Waals surface area contributed by atoms with E-state index in [2.05, 4.69) is 20.2 Å². The highest BCUT2D eigenvalue weighted by Crippen LogP contribution is 2.27. The van der Waals surface area contributed by atoms with Crippen molar-refractivity contribution >= 4 is 58.2 Å². The Morgan fingerprint density at radius 3 is 2.25 bits per heavy atom. The summed E-state index contributed by atoms with van der Waals surface area (Å²) >= 11 is 0. The fraction of sp³-hybridized carbons (Fsp3) is 0.333. The van der Waals surface area contributed by atoms with Crippen molar-refractivity contribution in [2.24, 2.45) is 5.14 Å². The summed E-state index contributed by atoms with van der Waals surface area (Å²) < 4.78 is 98.5. The molecule has 0 atom stereocenters. The first-order chi connectivity index (χ1) is 22.7. The van der Waals surface area contributed by atoms with Crippen LogP contribution in [0.3, 0.4) is 0 Å². The Labute approximate surface area is 276 Å². The zero-order chi connectivity index (χ0) is 34.3. The van der Waals surface area contributed by atoms with Crippen molar-refractivity contribution in [3.8, 4) is 5.75 Å². The van der Waals surface area contributed by atoms with Gasteiger partial charge in [0, 0.05) is 25.7 Å². The van der Waals surface area contributed by atoms with Gasteiger partial charge in [0.25, 0.3) is 16.1 Å². The Morgan fingerprint density at radius 1 is 0.896 bits per heavy atom. The molecule has 256 valence electrons. The third-order valence-corrected chi connectivity index (χ3v) is 11.4. The topological polar surface area (TPSA) is 225 Å². The molecule has 1 aliphatic rings. The molecule has 48 heavy (non-hydrogen) atoms. The summed E-state index contributed by atoms with van der Waals surface area (Å²) in [5.74, 6) is 0.598. The number of likely N-dealkylation sites (tertiary alicyclic amines) is 1. The smallest absolute Gasteiger partial charge is 0.295 e. The van der Waals surface area contributed by atoms with Crippen LogP contribution in [0.5, 0.6) is 5.75 Å². The van der Waals surface area contributed by atoms with Crippen LogP contribution >= 0.6 is 0 Å². The third kappa shape index (κ3) is 7.79.